The van der Waals surface area contributed by atoms with Crippen molar-refractivity contribution < 1.29 is 0 Å². The molecule has 0 spiro atoms. The Labute approximate surface area is 77.0 Å². The highest BCUT2D eigenvalue weighted by molar-refractivity contribution is 4.94. The fourth-order valence-electron chi connectivity index (χ4n) is 0.136. The van der Waals surface area contributed by atoms with Crippen molar-refractivity contribution in [3.05, 3.63) is 32.2 Å². The van der Waals surface area contributed by atoms with Gasteiger partial charge in [-0.15, -0.1) is 0 Å². The zero-order chi connectivity index (χ0) is 4.12. The molecule has 0 fully saturated rings. The van der Waals surface area contributed by atoms with Crippen LogP contribution >= 0.6 is 0 Å². The fraction of sp³-hybridized carbons (Fsp3) is 0.545. The van der Waals surface area contributed by atoms with Gasteiger partial charge in [0.15, 0.2) is 0 Å². The Bertz CT molecular complexity index is 42.0. The molecular weight excluding hydrogens is 132 g/mol. The predicted octanol–water partition coefficient (Wildman–Crippen LogP) is 5.38. The van der Waals surface area contributed by atoms with E-state index < -0.39 is 0 Å². The van der Waals surface area contributed by atoms with Crippen molar-refractivity contribution in [1.29, 1.82) is 0 Å². The second-order valence-corrected chi connectivity index (χ2v) is 0.761. The van der Waals surface area contributed by atoms with E-state index >= 15 is 0 Å². The SMILES string of the molecule is C.C.C.C.C.C=CC=CC.[CH3-]. The molecule has 11 heavy (non-hydrogen) atoms. The summed E-state index contributed by atoms with van der Waals surface area (Å²) in [4.78, 5) is 0. The molecule has 0 saturated heterocycles. The van der Waals surface area contributed by atoms with Gasteiger partial charge < -0.3 is 7.43 Å². The molecule has 76 valence electrons. The van der Waals surface area contributed by atoms with Crippen molar-refractivity contribution in [3.63, 3.8) is 0 Å². The molecule has 0 heterocycles. The maximum absolute atomic E-state index is 3.46. The highest BCUT2D eigenvalue weighted by Crippen LogP contribution is 1.64. The second-order valence-electron chi connectivity index (χ2n) is 0.761. The van der Waals surface area contributed by atoms with Crippen LogP contribution < -0.4 is 0 Å². The Kier molecular flexibility index (Phi) is 784. The Balaban J connectivity index is -0.00000000533. The normalized spacial score (nSPS) is 4.09. The number of hydrogen-bond donors (Lipinski definition) is 0. The van der Waals surface area contributed by atoms with Crippen molar-refractivity contribution in [2.24, 2.45) is 0 Å². The lowest BCUT2D eigenvalue weighted by atomic mass is 10.5. The quantitative estimate of drug-likeness (QED) is 0.359. The average Bonchev–Trinajstić information content (AvgIpc) is 1.41. The zero-order valence-corrected chi connectivity index (χ0v) is 4.44. The van der Waals surface area contributed by atoms with Crippen LogP contribution in [0.3, 0.4) is 0 Å². The molecule has 0 aliphatic carbocycles. The minimum atomic E-state index is 0. The molecule has 0 amide bonds. The summed E-state index contributed by atoms with van der Waals surface area (Å²) in [6.45, 7) is 5.42. The summed E-state index contributed by atoms with van der Waals surface area (Å²) in [5.41, 5.74) is 0. The van der Waals surface area contributed by atoms with E-state index in [4.69, 9.17) is 0 Å². The second kappa shape index (κ2) is 111. The molecule has 0 unspecified atom stereocenters. The number of rotatable bonds is 1. The van der Waals surface area contributed by atoms with Crippen LogP contribution in [0.4, 0.5) is 0 Å². The molecule has 0 bridgehead atoms. The van der Waals surface area contributed by atoms with E-state index in [2.05, 4.69) is 6.58 Å². The molecule has 0 aromatic rings. The van der Waals surface area contributed by atoms with E-state index in [0.717, 1.165) is 0 Å². The molecule has 0 saturated carbocycles. The third kappa shape index (κ3) is 242. The predicted molar refractivity (Wildman–Crippen MR) is 65.1 cm³/mol. The standard InChI is InChI=1S/C5H8.5CH4.CH3/c1-3-5-4-2;;;;;;/h3-5H,1H2,2H3;5*1H4;1H3/q;;;;;;-1. The first-order valence-corrected chi connectivity index (χ1v) is 1.65. The topological polar surface area (TPSA) is 0 Å². The Morgan fingerprint density at radius 3 is 1.18 bits per heavy atom. The van der Waals surface area contributed by atoms with Crippen molar-refractivity contribution in [2.75, 3.05) is 0 Å². The first-order chi connectivity index (χ1) is 2.41. The van der Waals surface area contributed by atoms with Gasteiger partial charge in [-0.3, -0.25) is 0 Å². The van der Waals surface area contributed by atoms with Crippen LogP contribution in [-0.4, -0.2) is 0 Å². The van der Waals surface area contributed by atoms with Gasteiger partial charge >= 0.3 is 0 Å². The van der Waals surface area contributed by atoms with Crippen LogP contribution in [0.15, 0.2) is 24.8 Å². The maximum Gasteiger partial charge on any atom is -0.0467 e. The minimum Gasteiger partial charge on any atom is -0.358 e. The molecule has 0 rings (SSSR count). The third-order valence-corrected chi connectivity index (χ3v) is 0.329. The van der Waals surface area contributed by atoms with Crippen LogP contribution in [-0.2, 0) is 0 Å². The van der Waals surface area contributed by atoms with E-state index in [0.29, 0.717) is 0 Å². The van der Waals surface area contributed by atoms with Crippen molar-refractivity contribution in [2.45, 2.75) is 44.1 Å². The molecule has 0 aliphatic rings. The lowest BCUT2D eigenvalue weighted by molar-refractivity contribution is 1.74. The van der Waals surface area contributed by atoms with E-state index in [-0.39, 0.29) is 44.6 Å². The maximum atomic E-state index is 3.46. The van der Waals surface area contributed by atoms with Gasteiger partial charge in [0.05, 0.1) is 0 Å². The van der Waals surface area contributed by atoms with Crippen LogP contribution in [0.25, 0.3) is 0 Å². The Hall–Kier alpha value is -0.520. The van der Waals surface area contributed by atoms with Crippen LogP contribution in [0.2, 0.25) is 0 Å². The fourth-order valence-corrected chi connectivity index (χ4v) is 0.136. The van der Waals surface area contributed by atoms with E-state index in [1.807, 2.05) is 19.1 Å². The van der Waals surface area contributed by atoms with Gasteiger partial charge in [0.1, 0.15) is 0 Å². The third-order valence-electron chi connectivity index (χ3n) is 0.329. The van der Waals surface area contributed by atoms with Gasteiger partial charge in [0.2, 0.25) is 0 Å². The van der Waals surface area contributed by atoms with Gasteiger partial charge in [0.25, 0.3) is 0 Å². The van der Waals surface area contributed by atoms with Crippen molar-refractivity contribution in [1.82, 2.24) is 0 Å². The van der Waals surface area contributed by atoms with E-state index in [9.17, 15) is 0 Å². The lowest BCUT2D eigenvalue weighted by Crippen LogP contribution is -1.33. The molecule has 0 atom stereocenters. The first kappa shape index (κ1) is 77.8. The summed E-state index contributed by atoms with van der Waals surface area (Å²) in [6, 6.07) is 0. The Morgan fingerprint density at radius 2 is 1.18 bits per heavy atom. The molecular formula is C11H31-. The molecule has 0 nitrogen and oxygen atoms in total. The van der Waals surface area contributed by atoms with Crippen molar-refractivity contribution >= 4 is 0 Å². The lowest BCUT2D eigenvalue weighted by Gasteiger charge is -1.56. The summed E-state index contributed by atoms with van der Waals surface area (Å²) in [5, 5.41) is 0. The monoisotopic (exact) mass is 163 g/mol. The van der Waals surface area contributed by atoms with Gasteiger partial charge in [-0.2, -0.15) is 0 Å². The number of allylic oxidation sites excluding steroid dienone is 3. The molecule has 0 aromatic heterocycles. The summed E-state index contributed by atoms with van der Waals surface area (Å²) in [5.74, 6) is 0. The van der Waals surface area contributed by atoms with Gasteiger partial charge in [0, 0.05) is 0 Å². The minimum absolute atomic E-state index is 0. The smallest absolute Gasteiger partial charge is 0.0467 e. The van der Waals surface area contributed by atoms with Gasteiger partial charge in [-0.25, -0.2) is 0 Å². The Morgan fingerprint density at radius 1 is 0.909 bits per heavy atom. The van der Waals surface area contributed by atoms with Crippen molar-refractivity contribution in [3.8, 4) is 0 Å². The zero-order valence-electron chi connectivity index (χ0n) is 4.44. The molecule has 0 aliphatic heterocycles. The largest absolute Gasteiger partial charge is 0.358 e. The van der Waals surface area contributed by atoms with E-state index in [1.165, 1.54) is 0 Å². The number of hydrogen-bond acceptors (Lipinski definition) is 0. The summed E-state index contributed by atoms with van der Waals surface area (Å²) in [7, 11) is 0. The average molecular weight is 163 g/mol. The summed E-state index contributed by atoms with van der Waals surface area (Å²) in [6.07, 6.45) is 5.58. The highest BCUT2D eigenvalue weighted by atomic mass is 13.5. The first-order valence-electron chi connectivity index (χ1n) is 1.65. The van der Waals surface area contributed by atoms with Gasteiger partial charge in [-0.05, 0) is 6.92 Å². The van der Waals surface area contributed by atoms with Crippen LogP contribution in [0.5, 0.6) is 0 Å². The molecule has 0 radical (unpaired) electrons. The molecule has 0 heteroatoms. The molecule has 0 aromatic carbocycles. The van der Waals surface area contributed by atoms with E-state index in [1.54, 1.807) is 6.08 Å². The molecule has 0 N–H and O–H groups in total. The van der Waals surface area contributed by atoms with Gasteiger partial charge in [-0.1, -0.05) is 61.9 Å². The van der Waals surface area contributed by atoms with Crippen LogP contribution in [0.1, 0.15) is 44.1 Å². The highest BCUT2D eigenvalue weighted by Gasteiger charge is 1.42. The van der Waals surface area contributed by atoms with Crippen LogP contribution in [0, 0.1) is 7.43 Å². The summed E-state index contributed by atoms with van der Waals surface area (Å²) < 4.78 is 0. The summed E-state index contributed by atoms with van der Waals surface area (Å²) >= 11 is 0.